The number of fused-ring (bicyclic) bond motifs is 1. The fourth-order valence-corrected chi connectivity index (χ4v) is 4.33. The zero-order chi connectivity index (χ0) is 19.6. The smallest absolute Gasteiger partial charge is 0.282 e. The number of halogens is 1. The Labute approximate surface area is 175 Å². The summed E-state index contributed by atoms with van der Waals surface area (Å²) in [6.07, 6.45) is 1.04. The van der Waals surface area contributed by atoms with E-state index in [4.69, 9.17) is 20.9 Å². The van der Waals surface area contributed by atoms with Crippen LogP contribution in [-0.4, -0.2) is 42.9 Å². The molecule has 0 saturated carbocycles. The maximum Gasteiger partial charge on any atom is 0.282 e. The van der Waals surface area contributed by atoms with Crippen LogP contribution in [-0.2, 0) is 19.5 Å². The molecule has 3 heterocycles. The van der Waals surface area contributed by atoms with Crippen molar-refractivity contribution in [2.45, 2.75) is 19.5 Å². The van der Waals surface area contributed by atoms with Crippen LogP contribution in [0.3, 0.4) is 0 Å². The molecule has 3 aromatic rings. The predicted octanol–water partition coefficient (Wildman–Crippen LogP) is 0.809. The average molecular weight is 413 g/mol. The molecule has 6 nitrogen and oxygen atoms in total. The average Bonchev–Trinajstić information content (AvgIpc) is 3.39. The normalized spacial score (nSPS) is 21.0. The summed E-state index contributed by atoms with van der Waals surface area (Å²) in [5, 5.41) is 4.83. The zero-order valence-corrected chi connectivity index (χ0v) is 17.0. The second-order valence-electron chi connectivity index (χ2n) is 7.91. The molecule has 0 spiro atoms. The third-order valence-corrected chi connectivity index (χ3v) is 6.10. The second kappa shape index (κ2) is 8.14. The molecule has 1 saturated heterocycles. The van der Waals surface area contributed by atoms with Gasteiger partial charge < -0.3 is 19.1 Å². The fraction of sp³-hybridized carbons (Fsp3) is 0.364. The van der Waals surface area contributed by atoms with E-state index in [9.17, 15) is 0 Å². The highest BCUT2D eigenvalue weighted by molar-refractivity contribution is 6.30. The van der Waals surface area contributed by atoms with Gasteiger partial charge in [-0.3, -0.25) is 0 Å². The first kappa shape index (κ1) is 18.6. The molecule has 0 radical (unpaired) electrons. The lowest BCUT2D eigenvalue weighted by Crippen LogP contribution is -3.27. The minimum absolute atomic E-state index is 0.626. The standard InChI is InChI=1S/C22H23ClN4O2/c23-19-4-2-17(3-5-19)22-24-21(29-25-22)15-27-10-8-26(9-11-27)14-16-1-6-20-18(13-16)7-12-28-20/h1-6,13H,7-12,14-15H2/p+2. The molecule has 0 unspecified atom stereocenters. The molecule has 5 rings (SSSR count). The van der Waals surface area contributed by atoms with Crippen LogP contribution in [0.4, 0.5) is 0 Å². The number of quaternary nitrogens is 2. The Bertz CT molecular complexity index is 981. The minimum Gasteiger partial charge on any atom is -0.493 e. The van der Waals surface area contributed by atoms with Gasteiger partial charge in [0.05, 0.1) is 6.61 Å². The molecule has 29 heavy (non-hydrogen) atoms. The van der Waals surface area contributed by atoms with Gasteiger partial charge in [-0.1, -0.05) is 16.8 Å². The first-order valence-electron chi connectivity index (χ1n) is 10.2. The van der Waals surface area contributed by atoms with Crippen molar-refractivity contribution in [2.24, 2.45) is 0 Å². The number of nitrogens with one attached hydrogen (secondary N) is 2. The molecule has 1 aromatic heterocycles. The highest BCUT2D eigenvalue weighted by Crippen LogP contribution is 2.25. The molecular formula is C22H25ClN4O2+2. The Balaban J connectivity index is 1.14. The maximum atomic E-state index is 5.95. The third kappa shape index (κ3) is 4.29. The topological polar surface area (TPSA) is 57.0 Å². The van der Waals surface area contributed by atoms with E-state index in [0.717, 1.165) is 63.6 Å². The molecule has 2 aliphatic heterocycles. The molecule has 7 heteroatoms. The lowest BCUT2D eigenvalue weighted by atomic mass is 10.1. The quantitative estimate of drug-likeness (QED) is 0.651. The van der Waals surface area contributed by atoms with Gasteiger partial charge >= 0.3 is 0 Å². The van der Waals surface area contributed by atoms with Gasteiger partial charge in [-0.2, -0.15) is 4.98 Å². The van der Waals surface area contributed by atoms with Gasteiger partial charge in [0.15, 0.2) is 6.54 Å². The van der Waals surface area contributed by atoms with Crippen LogP contribution in [0.25, 0.3) is 11.4 Å². The second-order valence-corrected chi connectivity index (χ2v) is 8.35. The third-order valence-electron chi connectivity index (χ3n) is 5.84. The molecule has 1 fully saturated rings. The van der Waals surface area contributed by atoms with Crippen molar-refractivity contribution in [3.05, 3.63) is 64.5 Å². The summed E-state index contributed by atoms with van der Waals surface area (Å²) in [5.74, 6) is 2.39. The fourth-order valence-electron chi connectivity index (χ4n) is 4.21. The summed E-state index contributed by atoms with van der Waals surface area (Å²) in [6, 6.07) is 14.2. The van der Waals surface area contributed by atoms with Gasteiger partial charge in [-0.15, -0.1) is 0 Å². The zero-order valence-electron chi connectivity index (χ0n) is 16.3. The van der Waals surface area contributed by atoms with Crippen molar-refractivity contribution >= 4 is 11.6 Å². The van der Waals surface area contributed by atoms with Gasteiger partial charge in [0, 0.05) is 22.6 Å². The number of benzene rings is 2. The van der Waals surface area contributed by atoms with Crippen molar-refractivity contribution in [1.29, 1.82) is 0 Å². The molecule has 150 valence electrons. The van der Waals surface area contributed by atoms with E-state index in [-0.39, 0.29) is 0 Å². The Morgan fingerprint density at radius 3 is 2.48 bits per heavy atom. The summed E-state index contributed by atoms with van der Waals surface area (Å²) >= 11 is 5.95. The number of rotatable bonds is 5. The molecule has 2 aliphatic rings. The van der Waals surface area contributed by atoms with Gasteiger partial charge in [0.2, 0.25) is 5.82 Å². The highest BCUT2D eigenvalue weighted by Gasteiger charge is 2.25. The van der Waals surface area contributed by atoms with E-state index >= 15 is 0 Å². The lowest BCUT2D eigenvalue weighted by molar-refractivity contribution is -1.02. The predicted molar refractivity (Wildman–Crippen MR) is 109 cm³/mol. The first-order chi connectivity index (χ1) is 14.2. The molecular weight excluding hydrogens is 388 g/mol. The Kier molecular flexibility index (Phi) is 5.23. The van der Waals surface area contributed by atoms with Gasteiger partial charge in [-0.05, 0) is 48.0 Å². The number of hydrogen-bond donors (Lipinski definition) is 2. The largest absolute Gasteiger partial charge is 0.493 e. The SMILES string of the molecule is Clc1ccc(-c2noc(C[NH+]3CC[NH+](Cc4ccc5c(c4)CCO5)CC3)n2)cc1. The van der Waals surface area contributed by atoms with Gasteiger partial charge in [-0.25, -0.2) is 0 Å². The van der Waals surface area contributed by atoms with E-state index in [1.807, 2.05) is 24.3 Å². The van der Waals surface area contributed by atoms with Crippen LogP contribution in [0.2, 0.25) is 5.02 Å². The van der Waals surface area contributed by atoms with Crippen LogP contribution in [0.5, 0.6) is 5.75 Å². The monoisotopic (exact) mass is 412 g/mol. The lowest BCUT2D eigenvalue weighted by Gasteiger charge is -2.29. The van der Waals surface area contributed by atoms with Crippen molar-refractivity contribution in [2.75, 3.05) is 32.8 Å². The van der Waals surface area contributed by atoms with Gasteiger partial charge in [0.25, 0.3) is 5.89 Å². The summed E-state index contributed by atoms with van der Waals surface area (Å²) < 4.78 is 11.1. The number of nitrogens with zero attached hydrogens (tertiary/aromatic N) is 2. The number of aromatic nitrogens is 2. The van der Waals surface area contributed by atoms with E-state index in [0.29, 0.717) is 16.7 Å². The summed E-state index contributed by atoms with van der Waals surface area (Å²) in [7, 11) is 0. The van der Waals surface area contributed by atoms with E-state index in [1.54, 1.807) is 4.90 Å². The molecule has 0 aliphatic carbocycles. The van der Waals surface area contributed by atoms with Crippen LogP contribution in [0.1, 0.15) is 17.0 Å². The van der Waals surface area contributed by atoms with Crippen molar-refractivity contribution in [3.8, 4) is 17.1 Å². The highest BCUT2D eigenvalue weighted by atomic mass is 35.5. The first-order valence-corrected chi connectivity index (χ1v) is 10.6. The number of piperazine rings is 1. The maximum absolute atomic E-state index is 5.95. The summed E-state index contributed by atoms with van der Waals surface area (Å²) in [4.78, 5) is 7.71. The molecule has 0 amide bonds. The minimum atomic E-state index is 0.626. The molecule has 2 aromatic carbocycles. The Morgan fingerprint density at radius 1 is 0.931 bits per heavy atom. The van der Waals surface area contributed by atoms with E-state index < -0.39 is 0 Å². The molecule has 0 bridgehead atoms. The van der Waals surface area contributed by atoms with E-state index in [2.05, 4.69) is 28.3 Å². The van der Waals surface area contributed by atoms with Crippen LogP contribution in [0.15, 0.2) is 47.0 Å². The van der Waals surface area contributed by atoms with Crippen molar-refractivity contribution in [1.82, 2.24) is 10.1 Å². The Hall–Kier alpha value is -2.41. The van der Waals surface area contributed by atoms with Crippen LogP contribution >= 0.6 is 11.6 Å². The van der Waals surface area contributed by atoms with Crippen molar-refractivity contribution < 1.29 is 19.1 Å². The van der Waals surface area contributed by atoms with Crippen LogP contribution < -0.4 is 14.5 Å². The van der Waals surface area contributed by atoms with Crippen molar-refractivity contribution in [3.63, 3.8) is 0 Å². The Morgan fingerprint density at radius 2 is 1.69 bits per heavy atom. The number of hydrogen-bond acceptors (Lipinski definition) is 4. The van der Waals surface area contributed by atoms with Crippen LogP contribution in [0, 0.1) is 0 Å². The summed E-state index contributed by atoms with van der Waals surface area (Å²) in [5.41, 5.74) is 3.70. The van der Waals surface area contributed by atoms with E-state index in [1.165, 1.54) is 16.0 Å². The molecule has 2 N–H and O–H groups in total. The van der Waals surface area contributed by atoms with Gasteiger partial charge in [0.1, 0.15) is 38.5 Å². The summed E-state index contributed by atoms with van der Waals surface area (Å²) in [6.45, 7) is 7.22. The molecule has 0 atom stereocenters. The number of ether oxygens (including phenoxy) is 1.